The van der Waals surface area contributed by atoms with Crippen LogP contribution in [0.4, 0.5) is 0 Å². The average Bonchev–Trinajstić information content (AvgIpc) is 2.85. The molecule has 0 unspecified atom stereocenters. The van der Waals surface area contributed by atoms with E-state index in [1.54, 1.807) is 36.4 Å². The molecule has 0 aliphatic carbocycles. The van der Waals surface area contributed by atoms with Crippen LogP contribution in [-0.2, 0) is 18.9 Å². The highest BCUT2D eigenvalue weighted by atomic mass is 16.7. The predicted molar refractivity (Wildman–Crippen MR) is 112 cm³/mol. The summed E-state index contributed by atoms with van der Waals surface area (Å²) in [6, 6.07) is 12.9. The molecule has 2 aliphatic heterocycles. The fourth-order valence-electron chi connectivity index (χ4n) is 3.92. The Kier molecular flexibility index (Phi) is 7.13. The number of fused-ring (bicyclic) bond motifs is 1. The SMILES string of the molecule is COc1cc([C@@H]2O[C@H]3[C@@H](O[C@@H](COC(=O)c4ccccc4)[C@@H](O)[C@@H]3O)O[C@H]2CO)ccc1O. The number of carbonyl (C=O) groups is 1. The van der Waals surface area contributed by atoms with Gasteiger partial charge in [0.1, 0.15) is 43.2 Å². The molecule has 0 radical (unpaired) electrons. The lowest BCUT2D eigenvalue weighted by Crippen LogP contribution is -2.64. The van der Waals surface area contributed by atoms with Crippen LogP contribution in [0.25, 0.3) is 0 Å². The lowest BCUT2D eigenvalue weighted by Gasteiger charge is -2.48. The van der Waals surface area contributed by atoms with E-state index in [0.717, 1.165) is 0 Å². The molecule has 0 amide bonds. The van der Waals surface area contributed by atoms with Crippen molar-refractivity contribution in [2.24, 2.45) is 0 Å². The Balaban J connectivity index is 1.46. The highest BCUT2D eigenvalue weighted by molar-refractivity contribution is 5.89. The van der Waals surface area contributed by atoms with Gasteiger partial charge >= 0.3 is 5.97 Å². The number of ether oxygens (including phenoxy) is 5. The minimum absolute atomic E-state index is 0.0687. The summed E-state index contributed by atoms with van der Waals surface area (Å²) in [5.74, 6) is -0.463. The van der Waals surface area contributed by atoms with Gasteiger partial charge in [0.05, 0.1) is 19.3 Å². The van der Waals surface area contributed by atoms with Crippen LogP contribution < -0.4 is 4.74 Å². The molecule has 2 saturated heterocycles. The molecule has 0 saturated carbocycles. The number of esters is 1. The molecule has 7 atom stereocenters. The third-order valence-corrected chi connectivity index (χ3v) is 5.70. The van der Waals surface area contributed by atoms with E-state index in [0.29, 0.717) is 11.1 Å². The zero-order valence-electron chi connectivity index (χ0n) is 17.8. The van der Waals surface area contributed by atoms with Gasteiger partial charge in [-0.05, 0) is 29.8 Å². The Labute approximate surface area is 189 Å². The summed E-state index contributed by atoms with van der Waals surface area (Å²) in [6.45, 7) is -0.742. The van der Waals surface area contributed by atoms with Gasteiger partial charge in [0.15, 0.2) is 17.8 Å². The monoisotopic (exact) mass is 462 g/mol. The van der Waals surface area contributed by atoms with Crippen molar-refractivity contribution in [3.8, 4) is 11.5 Å². The van der Waals surface area contributed by atoms with E-state index in [-0.39, 0.29) is 18.1 Å². The van der Waals surface area contributed by atoms with E-state index >= 15 is 0 Å². The average molecular weight is 462 g/mol. The number of hydrogen-bond donors (Lipinski definition) is 4. The fourth-order valence-corrected chi connectivity index (χ4v) is 3.92. The number of phenolic OH excluding ortho intramolecular Hbond substituents is 1. The van der Waals surface area contributed by atoms with Crippen LogP contribution in [0.3, 0.4) is 0 Å². The first-order valence-electron chi connectivity index (χ1n) is 10.5. The first-order chi connectivity index (χ1) is 15.9. The Bertz CT molecular complexity index is 952. The molecule has 0 bridgehead atoms. The summed E-state index contributed by atoms with van der Waals surface area (Å²) >= 11 is 0. The lowest BCUT2D eigenvalue weighted by molar-refractivity contribution is -0.370. The molecule has 2 aliphatic rings. The molecular weight excluding hydrogens is 436 g/mol. The molecule has 4 rings (SSSR count). The molecule has 178 valence electrons. The first-order valence-corrected chi connectivity index (χ1v) is 10.5. The number of aliphatic hydroxyl groups excluding tert-OH is 3. The number of phenols is 1. The zero-order valence-corrected chi connectivity index (χ0v) is 17.8. The molecule has 0 aromatic heterocycles. The highest BCUT2D eigenvalue weighted by Gasteiger charge is 2.52. The van der Waals surface area contributed by atoms with Gasteiger partial charge in [-0.15, -0.1) is 0 Å². The molecule has 2 aromatic carbocycles. The molecule has 10 nitrogen and oxygen atoms in total. The topological polar surface area (TPSA) is 144 Å². The molecule has 2 aromatic rings. The van der Waals surface area contributed by atoms with Crippen molar-refractivity contribution in [3.05, 3.63) is 59.7 Å². The Morgan fingerprint density at radius 1 is 1.00 bits per heavy atom. The maximum Gasteiger partial charge on any atom is 0.338 e. The second-order valence-electron chi connectivity index (χ2n) is 7.80. The minimum Gasteiger partial charge on any atom is -0.504 e. The van der Waals surface area contributed by atoms with E-state index in [9.17, 15) is 25.2 Å². The van der Waals surface area contributed by atoms with Crippen molar-refractivity contribution in [1.82, 2.24) is 0 Å². The number of methoxy groups -OCH3 is 1. The third-order valence-electron chi connectivity index (χ3n) is 5.70. The van der Waals surface area contributed by atoms with Crippen molar-refractivity contribution >= 4 is 5.97 Å². The Morgan fingerprint density at radius 2 is 1.73 bits per heavy atom. The second kappa shape index (κ2) is 10.0. The number of aliphatic hydroxyl groups is 3. The van der Waals surface area contributed by atoms with Gasteiger partial charge in [-0.25, -0.2) is 4.79 Å². The predicted octanol–water partition coefficient (Wildman–Crippen LogP) is 0.522. The zero-order chi connectivity index (χ0) is 23.5. The number of aromatic hydroxyl groups is 1. The van der Waals surface area contributed by atoms with Crippen LogP contribution >= 0.6 is 0 Å². The lowest BCUT2D eigenvalue weighted by atomic mass is 9.95. The van der Waals surface area contributed by atoms with Gasteiger partial charge in [0.25, 0.3) is 0 Å². The summed E-state index contributed by atoms with van der Waals surface area (Å²) in [6.07, 6.45) is -7.78. The summed E-state index contributed by atoms with van der Waals surface area (Å²) < 4.78 is 27.9. The Hall–Kier alpha value is -2.73. The van der Waals surface area contributed by atoms with Crippen LogP contribution in [-0.4, -0.2) is 83.5 Å². The molecular formula is C23H26O10. The van der Waals surface area contributed by atoms with Crippen molar-refractivity contribution in [1.29, 1.82) is 0 Å². The van der Waals surface area contributed by atoms with Gasteiger partial charge in [-0.2, -0.15) is 0 Å². The molecule has 4 N–H and O–H groups in total. The third kappa shape index (κ3) is 4.81. The van der Waals surface area contributed by atoms with Gasteiger partial charge in [0.2, 0.25) is 0 Å². The molecule has 10 heteroatoms. The van der Waals surface area contributed by atoms with Crippen LogP contribution in [0.15, 0.2) is 48.5 Å². The first kappa shape index (κ1) is 23.4. The van der Waals surface area contributed by atoms with Gasteiger partial charge in [0, 0.05) is 0 Å². The van der Waals surface area contributed by atoms with Gasteiger partial charge < -0.3 is 44.1 Å². The molecule has 0 spiro atoms. The van der Waals surface area contributed by atoms with Crippen molar-refractivity contribution in [2.75, 3.05) is 20.3 Å². The second-order valence-corrected chi connectivity index (χ2v) is 7.80. The minimum atomic E-state index is -1.42. The number of hydrogen-bond acceptors (Lipinski definition) is 10. The normalized spacial score (nSPS) is 31.5. The smallest absolute Gasteiger partial charge is 0.338 e. The maximum atomic E-state index is 12.2. The summed E-state index contributed by atoms with van der Waals surface area (Å²) in [7, 11) is 1.40. The van der Waals surface area contributed by atoms with E-state index in [2.05, 4.69) is 0 Å². The molecule has 2 heterocycles. The van der Waals surface area contributed by atoms with Gasteiger partial charge in [-0.3, -0.25) is 0 Å². The van der Waals surface area contributed by atoms with Crippen LogP contribution in [0.5, 0.6) is 11.5 Å². The highest BCUT2D eigenvalue weighted by Crippen LogP contribution is 2.39. The maximum absolute atomic E-state index is 12.2. The van der Waals surface area contributed by atoms with E-state index in [4.69, 9.17) is 23.7 Å². The van der Waals surface area contributed by atoms with Crippen molar-refractivity contribution in [2.45, 2.75) is 42.9 Å². The van der Waals surface area contributed by atoms with Crippen LogP contribution in [0.1, 0.15) is 22.0 Å². The number of carbonyl (C=O) groups excluding carboxylic acids is 1. The summed E-state index contributed by atoms with van der Waals surface area (Å²) in [5.41, 5.74) is 0.869. The molecule has 2 fully saturated rings. The van der Waals surface area contributed by atoms with Crippen molar-refractivity contribution in [3.63, 3.8) is 0 Å². The number of benzene rings is 2. The fraction of sp³-hybridized carbons (Fsp3) is 0.435. The number of rotatable bonds is 6. The molecule has 33 heavy (non-hydrogen) atoms. The summed E-state index contributed by atoms with van der Waals surface area (Å²) in [5, 5.41) is 40.9. The Morgan fingerprint density at radius 3 is 2.42 bits per heavy atom. The largest absolute Gasteiger partial charge is 0.504 e. The summed E-state index contributed by atoms with van der Waals surface area (Å²) in [4.78, 5) is 12.2. The van der Waals surface area contributed by atoms with E-state index in [1.165, 1.54) is 19.2 Å². The van der Waals surface area contributed by atoms with E-state index in [1.807, 2.05) is 0 Å². The van der Waals surface area contributed by atoms with E-state index < -0.39 is 55.5 Å². The standard InChI is InChI=1S/C23H26O10/c1-29-15-9-13(7-8-14(15)25)20-16(10-24)31-23-21(33-20)19(27)18(26)17(32-23)11-30-22(28)12-5-3-2-4-6-12/h2-9,16-21,23-27H,10-11H2,1H3/t16-,17-,18+,19-,20-,21+,23+/m0/s1. The van der Waals surface area contributed by atoms with Crippen LogP contribution in [0.2, 0.25) is 0 Å². The van der Waals surface area contributed by atoms with Crippen molar-refractivity contribution < 1.29 is 48.9 Å². The quantitative estimate of drug-likeness (QED) is 0.449. The van der Waals surface area contributed by atoms with Gasteiger partial charge in [-0.1, -0.05) is 24.3 Å². The van der Waals surface area contributed by atoms with Crippen LogP contribution in [0, 0.1) is 0 Å².